The van der Waals surface area contributed by atoms with Crippen LogP contribution in [0.15, 0.2) is 103 Å². The average molecular weight is 736 g/mol. The Morgan fingerprint density at radius 2 is 1.54 bits per heavy atom. The summed E-state index contributed by atoms with van der Waals surface area (Å²) >= 11 is 0. The molecule has 0 radical (unpaired) electrons. The molecule has 11 heteroatoms. The van der Waals surface area contributed by atoms with Crippen molar-refractivity contribution in [3.8, 4) is 11.1 Å². The Bertz CT molecular complexity index is 1820. The molecule has 3 aliphatic rings. The Balaban J connectivity index is 0.990. The molecule has 3 saturated heterocycles. The molecule has 284 valence electrons. The molecule has 3 heterocycles. The van der Waals surface area contributed by atoms with Crippen LogP contribution in [0.4, 0.5) is 4.79 Å². The van der Waals surface area contributed by atoms with E-state index in [4.69, 9.17) is 23.7 Å². The number of amides is 2. The maximum atomic E-state index is 12.8. The first-order valence-corrected chi connectivity index (χ1v) is 18.7. The molecule has 3 N–H and O–H groups in total. The van der Waals surface area contributed by atoms with Gasteiger partial charge in [0.05, 0.1) is 39.1 Å². The number of nitrogens with one attached hydrogen (secondary N) is 2. The fourth-order valence-corrected chi connectivity index (χ4v) is 7.45. The standard InChI is InChI=1S/C43H49N3O8/c1-50-40(48)38(25-30-6-3-2-4-7-30)45-42(49)44-27-32-8-5-9-36(24-32)33-14-16-35(17-15-33)41-53-37(26-39(54-41)34-12-10-31(29-47)11-13-34)28-46-20-18-43(19-21-46)51-22-23-52-43/h2-17,24,37-39,41,47H,18-23,25-29H2,1H3,(H2,44,45,49)/t37-,38-,39+,41+/m0/s1. The largest absolute Gasteiger partial charge is 0.467 e. The first kappa shape index (κ1) is 37.7. The van der Waals surface area contributed by atoms with E-state index in [1.54, 1.807) is 0 Å². The molecule has 0 aliphatic carbocycles. The summed E-state index contributed by atoms with van der Waals surface area (Å²) in [7, 11) is 1.31. The number of urea groups is 1. The van der Waals surface area contributed by atoms with Crippen LogP contribution in [0.1, 0.15) is 59.5 Å². The van der Waals surface area contributed by atoms with E-state index in [-0.39, 0.29) is 25.4 Å². The van der Waals surface area contributed by atoms with Gasteiger partial charge in [-0.25, -0.2) is 9.59 Å². The lowest BCUT2D eigenvalue weighted by Gasteiger charge is -2.41. The smallest absolute Gasteiger partial charge is 0.328 e. The van der Waals surface area contributed by atoms with E-state index in [0.29, 0.717) is 19.6 Å². The lowest BCUT2D eigenvalue weighted by Crippen LogP contribution is -2.48. The average Bonchev–Trinajstić information content (AvgIpc) is 3.68. The maximum Gasteiger partial charge on any atom is 0.328 e. The first-order valence-electron chi connectivity index (χ1n) is 18.7. The van der Waals surface area contributed by atoms with E-state index in [1.807, 2.05) is 91.0 Å². The van der Waals surface area contributed by atoms with Crippen LogP contribution in [0.5, 0.6) is 0 Å². The van der Waals surface area contributed by atoms with Gasteiger partial charge in [0.2, 0.25) is 0 Å². The Hall–Kier alpha value is -4.62. The van der Waals surface area contributed by atoms with E-state index in [2.05, 4.69) is 27.7 Å². The van der Waals surface area contributed by atoms with Crippen molar-refractivity contribution >= 4 is 12.0 Å². The molecule has 3 aliphatic heterocycles. The number of benzene rings is 4. The van der Waals surface area contributed by atoms with Gasteiger partial charge < -0.3 is 44.3 Å². The van der Waals surface area contributed by atoms with Gasteiger partial charge in [-0.15, -0.1) is 0 Å². The number of rotatable bonds is 12. The molecular weight excluding hydrogens is 686 g/mol. The number of hydrogen-bond acceptors (Lipinski definition) is 9. The number of esters is 1. The van der Waals surface area contributed by atoms with Crippen LogP contribution in [-0.4, -0.2) is 79.9 Å². The molecule has 7 rings (SSSR count). The number of nitrogens with zero attached hydrogens (tertiary/aromatic N) is 1. The van der Waals surface area contributed by atoms with E-state index in [1.165, 1.54) is 7.11 Å². The highest BCUT2D eigenvalue weighted by atomic mass is 16.7. The number of carbonyl (C=O) groups is 2. The molecular formula is C43H49N3O8. The van der Waals surface area contributed by atoms with E-state index >= 15 is 0 Å². The van der Waals surface area contributed by atoms with Gasteiger partial charge in [-0.2, -0.15) is 0 Å². The molecule has 4 aromatic rings. The summed E-state index contributed by atoms with van der Waals surface area (Å²) in [6.07, 6.45) is 1.98. The predicted octanol–water partition coefficient (Wildman–Crippen LogP) is 5.81. The lowest BCUT2D eigenvalue weighted by molar-refractivity contribution is -0.255. The molecule has 4 aromatic carbocycles. The highest BCUT2D eigenvalue weighted by Gasteiger charge is 2.41. The van der Waals surface area contributed by atoms with Crippen molar-refractivity contribution < 1.29 is 38.4 Å². The van der Waals surface area contributed by atoms with Gasteiger partial charge in [-0.3, -0.25) is 0 Å². The second-order valence-corrected chi connectivity index (χ2v) is 14.2. The van der Waals surface area contributed by atoms with Crippen molar-refractivity contribution in [2.75, 3.05) is 40.0 Å². The highest BCUT2D eigenvalue weighted by Crippen LogP contribution is 2.39. The van der Waals surface area contributed by atoms with E-state index in [0.717, 1.165) is 77.8 Å². The second-order valence-electron chi connectivity index (χ2n) is 14.2. The molecule has 0 saturated carbocycles. The van der Waals surface area contributed by atoms with Gasteiger partial charge >= 0.3 is 12.0 Å². The summed E-state index contributed by atoms with van der Waals surface area (Å²) in [6.45, 7) is 4.16. The zero-order valence-electron chi connectivity index (χ0n) is 30.7. The number of aliphatic hydroxyl groups is 1. The summed E-state index contributed by atoms with van der Waals surface area (Å²) in [5, 5.41) is 15.2. The molecule has 2 amide bonds. The van der Waals surface area contributed by atoms with Gasteiger partial charge in [-0.1, -0.05) is 97.1 Å². The minimum Gasteiger partial charge on any atom is -0.467 e. The van der Waals surface area contributed by atoms with Crippen molar-refractivity contribution in [2.45, 2.75) is 69.2 Å². The number of hydrogen-bond donors (Lipinski definition) is 3. The summed E-state index contributed by atoms with van der Waals surface area (Å²) in [5.74, 6) is -0.923. The van der Waals surface area contributed by atoms with Crippen LogP contribution in [0.2, 0.25) is 0 Å². The lowest BCUT2D eigenvalue weighted by atomic mass is 9.98. The van der Waals surface area contributed by atoms with Gasteiger partial charge in [0.1, 0.15) is 6.04 Å². The Morgan fingerprint density at radius 1 is 0.833 bits per heavy atom. The summed E-state index contributed by atoms with van der Waals surface area (Å²) < 4.78 is 30.1. The van der Waals surface area contributed by atoms with Crippen molar-refractivity contribution in [1.82, 2.24) is 15.5 Å². The Morgan fingerprint density at radius 3 is 2.24 bits per heavy atom. The van der Waals surface area contributed by atoms with Crippen LogP contribution in [0.3, 0.4) is 0 Å². The molecule has 4 atom stereocenters. The minimum atomic E-state index is -0.809. The summed E-state index contributed by atoms with van der Waals surface area (Å²) in [4.78, 5) is 27.7. The number of aliphatic hydroxyl groups excluding tert-OH is 1. The zero-order chi connectivity index (χ0) is 37.3. The quantitative estimate of drug-likeness (QED) is 0.155. The SMILES string of the molecule is COC(=O)[C@H](Cc1ccccc1)NC(=O)NCc1cccc(-c2ccc([C@@H]3O[C@H](CN4CCC5(CC4)OCCO5)C[C@H](c4ccc(CO)cc4)O3)cc2)c1. The molecule has 1 spiro atoms. The van der Waals surface area contributed by atoms with Gasteiger partial charge in [0.15, 0.2) is 12.1 Å². The molecule has 11 nitrogen and oxygen atoms in total. The summed E-state index contributed by atoms with van der Waals surface area (Å²) in [6, 6.07) is 32.4. The topological polar surface area (TPSA) is 128 Å². The fraction of sp³-hybridized carbons (Fsp3) is 0.395. The number of methoxy groups -OCH3 is 1. The van der Waals surface area contributed by atoms with Crippen LogP contribution in [-0.2, 0) is 48.1 Å². The zero-order valence-corrected chi connectivity index (χ0v) is 30.7. The maximum absolute atomic E-state index is 12.8. The first-order chi connectivity index (χ1) is 26.4. The van der Waals surface area contributed by atoms with Crippen molar-refractivity contribution in [3.63, 3.8) is 0 Å². The number of piperidine rings is 1. The van der Waals surface area contributed by atoms with Crippen molar-refractivity contribution in [3.05, 3.63) is 131 Å². The molecule has 0 bridgehead atoms. The third kappa shape index (κ3) is 9.54. The number of ether oxygens (including phenoxy) is 5. The van der Waals surface area contributed by atoms with Crippen LogP contribution < -0.4 is 10.6 Å². The van der Waals surface area contributed by atoms with Gasteiger partial charge in [0, 0.05) is 57.4 Å². The predicted molar refractivity (Wildman–Crippen MR) is 202 cm³/mol. The highest BCUT2D eigenvalue weighted by molar-refractivity contribution is 5.83. The molecule has 54 heavy (non-hydrogen) atoms. The fourth-order valence-electron chi connectivity index (χ4n) is 7.45. The molecule has 0 aromatic heterocycles. The minimum absolute atomic E-state index is 0.00218. The van der Waals surface area contributed by atoms with E-state index in [9.17, 15) is 14.7 Å². The summed E-state index contributed by atoms with van der Waals surface area (Å²) in [5.41, 5.74) is 6.70. The van der Waals surface area contributed by atoms with Crippen LogP contribution in [0, 0.1) is 0 Å². The van der Waals surface area contributed by atoms with Crippen LogP contribution in [0.25, 0.3) is 11.1 Å². The Kier molecular flexibility index (Phi) is 12.3. The normalized spacial score (nSPS) is 21.7. The molecule has 0 unspecified atom stereocenters. The number of likely N-dealkylation sites (tertiary alicyclic amines) is 1. The third-order valence-electron chi connectivity index (χ3n) is 10.5. The van der Waals surface area contributed by atoms with Crippen LogP contribution >= 0.6 is 0 Å². The van der Waals surface area contributed by atoms with Crippen molar-refractivity contribution in [2.24, 2.45) is 0 Å². The number of carbonyl (C=O) groups excluding carboxylic acids is 2. The van der Waals surface area contributed by atoms with Gasteiger partial charge in [-0.05, 0) is 39.4 Å². The van der Waals surface area contributed by atoms with E-state index < -0.39 is 30.1 Å². The second kappa shape index (κ2) is 17.7. The Labute approximate surface area is 316 Å². The van der Waals surface area contributed by atoms with Gasteiger partial charge in [0.25, 0.3) is 0 Å². The third-order valence-corrected chi connectivity index (χ3v) is 10.5. The monoisotopic (exact) mass is 735 g/mol. The van der Waals surface area contributed by atoms with Crippen molar-refractivity contribution in [1.29, 1.82) is 0 Å². The molecule has 3 fully saturated rings.